The first-order chi connectivity index (χ1) is 10.8. The molecular weight excluding hydrogens is 324 g/mol. The summed E-state index contributed by atoms with van der Waals surface area (Å²) in [5, 5.41) is 11.2. The summed E-state index contributed by atoms with van der Waals surface area (Å²) in [7, 11) is -2.28. The molecule has 0 bridgehead atoms. The Morgan fingerprint density at radius 2 is 2.04 bits per heavy atom. The van der Waals surface area contributed by atoms with Crippen molar-refractivity contribution in [2.75, 3.05) is 26.8 Å². The molecule has 0 spiro atoms. The molecule has 0 radical (unpaired) electrons. The van der Waals surface area contributed by atoms with Crippen molar-refractivity contribution in [3.63, 3.8) is 0 Å². The SMILES string of the molecule is COCCNS(=O)(=O)c1cccc(C(=O)NCC(C)C(=O)O)c1. The maximum atomic E-state index is 12.1. The van der Waals surface area contributed by atoms with Crippen LogP contribution in [0.2, 0.25) is 0 Å². The fourth-order valence-electron chi connectivity index (χ4n) is 1.60. The minimum atomic E-state index is -3.74. The van der Waals surface area contributed by atoms with E-state index in [4.69, 9.17) is 9.84 Å². The van der Waals surface area contributed by atoms with Gasteiger partial charge in [0, 0.05) is 25.8 Å². The quantitative estimate of drug-likeness (QED) is 0.545. The summed E-state index contributed by atoms with van der Waals surface area (Å²) < 4.78 is 31.2. The monoisotopic (exact) mass is 344 g/mol. The van der Waals surface area contributed by atoms with Crippen LogP contribution in [0.15, 0.2) is 29.2 Å². The van der Waals surface area contributed by atoms with Crippen LogP contribution >= 0.6 is 0 Å². The topological polar surface area (TPSA) is 122 Å². The first-order valence-corrected chi connectivity index (χ1v) is 8.36. The van der Waals surface area contributed by atoms with Crippen molar-refractivity contribution in [2.24, 2.45) is 5.92 Å². The third-order valence-electron chi connectivity index (χ3n) is 3.00. The van der Waals surface area contributed by atoms with E-state index in [2.05, 4.69) is 10.0 Å². The maximum Gasteiger partial charge on any atom is 0.308 e. The van der Waals surface area contributed by atoms with Gasteiger partial charge in [0.15, 0.2) is 0 Å². The highest BCUT2D eigenvalue weighted by Gasteiger charge is 2.17. The molecule has 1 rings (SSSR count). The zero-order valence-electron chi connectivity index (χ0n) is 12.9. The van der Waals surface area contributed by atoms with Gasteiger partial charge in [0.25, 0.3) is 5.91 Å². The molecule has 23 heavy (non-hydrogen) atoms. The largest absolute Gasteiger partial charge is 0.481 e. The number of sulfonamides is 1. The van der Waals surface area contributed by atoms with Gasteiger partial charge in [-0.05, 0) is 18.2 Å². The number of carbonyl (C=O) groups excluding carboxylic acids is 1. The summed E-state index contributed by atoms with van der Waals surface area (Å²) in [5.74, 6) is -2.29. The van der Waals surface area contributed by atoms with Crippen molar-refractivity contribution in [3.05, 3.63) is 29.8 Å². The number of carbonyl (C=O) groups is 2. The molecule has 0 aliphatic carbocycles. The number of benzene rings is 1. The second kappa shape index (κ2) is 8.61. The molecule has 1 aromatic carbocycles. The summed E-state index contributed by atoms with van der Waals surface area (Å²) in [5.41, 5.74) is 0.136. The first-order valence-electron chi connectivity index (χ1n) is 6.87. The van der Waals surface area contributed by atoms with Crippen molar-refractivity contribution in [1.82, 2.24) is 10.0 Å². The third-order valence-corrected chi connectivity index (χ3v) is 4.45. The molecule has 0 heterocycles. The molecular formula is C14H20N2O6S. The van der Waals surface area contributed by atoms with Gasteiger partial charge in [-0.25, -0.2) is 13.1 Å². The number of carboxylic acid groups (broad SMARTS) is 1. The zero-order chi connectivity index (χ0) is 17.5. The second-order valence-electron chi connectivity index (χ2n) is 4.87. The molecule has 1 amide bonds. The zero-order valence-corrected chi connectivity index (χ0v) is 13.7. The summed E-state index contributed by atoms with van der Waals surface area (Å²) in [6, 6.07) is 5.50. The molecule has 0 saturated heterocycles. The molecule has 0 fully saturated rings. The maximum absolute atomic E-state index is 12.1. The van der Waals surface area contributed by atoms with Crippen LogP contribution in [0.3, 0.4) is 0 Å². The highest BCUT2D eigenvalue weighted by atomic mass is 32.2. The lowest BCUT2D eigenvalue weighted by molar-refractivity contribution is -0.140. The number of rotatable bonds is 9. The smallest absolute Gasteiger partial charge is 0.308 e. The number of nitrogens with one attached hydrogen (secondary N) is 2. The minimum Gasteiger partial charge on any atom is -0.481 e. The molecule has 0 aliphatic rings. The molecule has 1 aromatic rings. The molecule has 128 valence electrons. The Kier molecular flexibility index (Phi) is 7.14. The Labute approximate surface area is 134 Å². The van der Waals surface area contributed by atoms with Gasteiger partial charge >= 0.3 is 5.97 Å². The Bertz CT molecular complexity index is 659. The predicted octanol–water partition coefficient (Wildman–Crippen LogP) is 0.0618. The average Bonchev–Trinajstić information content (AvgIpc) is 2.52. The Hall–Kier alpha value is -1.97. The van der Waals surface area contributed by atoms with Crippen LogP contribution < -0.4 is 10.0 Å². The van der Waals surface area contributed by atoms with Gasteiger partial charge in [0.2, 0.25) is 10.0 Å². The van der Waals surface area contributed by atoms with Gasteiger partial charge in [0.1, 0.15) is 0 Å². The lowest BCUT2D eigenvalue weighted by Crippen LogP contribution is -2.32. The highest BCUT2D eigenvalue weighted by molar-refractivity contribution is 7.89. The van der Waals surface area contributed by atoms with Crippen LogP contribution in [-0.4, -0.2) is 52.2 Å². The van der Waals surface area contributed by atoms with E-state index in [-0.39, 0.29) is 30.2 Å². The van der Waals surface area contributed by atoms with Crippen LogP contribution in [0.25, 0.3) is 0 Å². The highest BCUT2D eigenvalue weighted by Crippen LogP contribution is 2.11. The summed E-state index contributed by atoms with van der Waals surface area (Å²) in [6.45, 7) is 1.76. The van der Waals surface area contributed by atoms with Crippen molar-refractivity contribution < 1.29 is 27.9 Å². The van der Waals surface area contributed by atoms with E-state index in [0.29, 0.717) is 0 Å². The Morgan fingerprint density at radius 1 is 1.35 bits per heavy atom. The molecule has 3 N–H and O–H groups in total. The summed E-state index contributed by atoms with van der Waals surface area (Å²) >= 11 is 0. The Morgan fingerprint density at radius 3 is 2.65 bits per heavy atom. The average molecular weight is 344 g/mol. The predicted molar refractivity (Wildman–Crippen MR) is 82.6 cm³/mol. The number of ether oxygens (including phenoxy) is 1. The van der Waals surface area contributed by atoms with E-state index in [1.165, 1.54) is 38.3 Å². The fourth-order valence-corrected chi connectivity index (χ4v) is 2.66. The van der Waals surface area contributed by atoms with Gasteiger partial charge < -0.3 is 15.2 Å². The van der Waals surface area contributed by atoms with E-state index in [0.717, 1.165) is 0 Å². The van der Waals surface area contributed by atoms with Gasteiger partial charge in [-0.1, -0.05) is 13.0 Å². The lowest BCUT2D eigenvalue weighted by Gasteiger charge is -2.10. The van der Waals surface area contributed by atoms with E-state index < -0.39 is 27.8 Å². The van der Waals surface area contributed by atoms with Crippen LogP contribution in [0.1, 0.15) is 17.3 Å². The van der Waals surface area contributed by atoms with E-state index >= 15 is 0 Å². The molecule has 1 atom stereocenters. The molecule has 9 heteroatoms. The molecule has 0 saturated carbocycles. The number of aliphatic carboxylic acids is 1. The minimum absolute atomic E-state index is 0.0444. The molecule has 0 aromatic heterocycles. The fraction of sp³-hybridized carbons (Fsp3) is 0.429. The van der Waals surface area contributed by atoms with Crippen LogP contribution in [0.5, 0.6) is 0 Å². The lowest BCUT2D eigenvalue weighted by atomic mass is 10.1. The second-order valence-corrected chi connectivity index (χ2v) is 6.63. The number of hydrogen-bond donors (Lipinski definition) is 3. The van der Waals surface area contributed by atoms with Crippen molar-refractivity contribution in [1.29, 1.82) is 0 Å². The van der Waals surface area contributed by atoms with Crippen LogP contribution in [0.4, 0.5) is 0 Å². The van der Waals surface area contributed by atoms with Gasteiger partial charge in [-0.15, -0.1) is 0 Å². The van der Waals surface area contributed by atoms with Crippen molar-refractivity contribution >= 4 is 21.9 Å². The van der Waals surface area contributed by atoms with E-state index in [9.17, 15) is 18.0 Å². The summed E-state index contributed by atoms with van der Waals surface area (Å²) in [4.78, 5) is 22.6. The van der Waals surface area contributed by atoms with Gasteiger partial charge in [-0.3, -0.25) is 9.59 Å². The normalized spacial score (nSPS) is 12.6. The van der Waals surface area contributed by atoms with Crippen molar-refractivity contribution in [3.8, 4) is 0 Å². The van der Waals surface area contributed by atoms with Crippen LogP contribution in [0, 0.1) is 5.92 Å². The third kappa shape index (κ3) is 5.97. The van der Waals surface area contributed by atoms with Crippen LogP contribution in [-0.2, 0) is 19.6 Å². The number of hydrogen-bond acceptors (Lipinski definition) is 5. The summed E-state index contributed by atoms with van der Waals surface area (Å²) in [6.07, 6.45) is 0. The first kappa shape index (κ1) is 19.1. The van der Waals surface area contributed by atoms with E-state index in [1.807, 2.05) is 0 Å². The van der Waals surface area contributed by atoms with Gasteiger partial charge in [0.05, 0.1) is 17.4 Å². The molecule has 1 unspecified atom stereocenters. The van der Waals surface area contributed by atoms with E-state index in [1.54, 1.807) is 0 Å². The van der Waals surface area contributed by atoms with Gasteiger partial charge in [-0.2, -0.15) is 0 Å². The Balaban J connectivity index is 2.79. The standard InChI is InChI=1S/C14H20N2O6S/c1-10(14(18)19)9-15-13(17)11-4-3-5-12(8-11)23(20,21)16-6-7-22-2/h3-5,8,10,16H,6-7,9H2,1-2H3,(H,15,17)(H,18,19). The number of amides is 1. The number of carboxylic acids is 1. The number of methoxy groups -OCH3 is 1. The molecule has 0 aliphatic heterocycles. The molecule has 8 nitrogen and oxygen atoms in total. The van der Waals surface area contributed by atoms with Crippen molar-refractivity contribution in [2.45, 2.75) is 11.8 Å².